The van der Waals surface area contributed by atoms with E-state index < -0.39 is 0 Å². The second kappa shape index (κ2) is 7.95. The van der Waals surface area contributed by atoms with Crippen LogP contribution in [-0.4, -0.2) is 21.9 Å². The zero-order valence-electron chi connectivity index (χ0n) is 11.2. The van der Waals surface area contributed by atoms with Gasteiger partial charge in [0.1, 0.15) is 0 Å². The van der Waals surface area contributed by atoms with Crippen LogP contribution in [0.2, 0.25) is 0 Å². The van der Waals surface area contributed by atoms with E-state index in [2.05, 4.69) is 47.4 Å². The van der Waals surface area contributed by atoms with Crippen LogP contribution in [0.15, 0.2) is 36.8 Å². The number of nitrogens with zero attached hydrogens (tertiary/aromatic N) is 2. The molecule has 1 amide bonds. The van der Waals surface area contributed by atoms with Gasteiger partial charge in [0.2, 0.25) is 11.8 Å². The summed E-state index contributed by atoms with van der Waals surface area (Å²) in [6.07, 6.45) is 1.70. The molecular formula is C13H13Br2N3O2S. The van der Waals surface area contributed by atoms with Crippen molar-refractivity contribution in [3.63, 3.8) is 0 Å². The van der Waals surface area contributed by atoms with Gasteiger partial charge in [0.05, 0.1) is 11.4 Å². The number of carbonyl (C=O) groups excluding carboxylic acids is 1. The van der Waals surface area contributed by atoms with Crippen molar-refractivity contribution >= 4 is 55.2 Å². The number of rotatable bonds is 6. The number of halogens is 2. The molecule has 0 saturated carbocycles. The van der Waals surface area contributed by atoms with Crippen molar-refractivity contribution in [3.8, 4) is 0 Å². The summed E-state index contributed by atoms with van der Waals surface area (Å²) in [4.78, 5) is 11.9. The molecule has 5 nitrogen and oxygen atoms in total. The Kier molecular flexibility index (Phi) is 6.25. The number of benzene rings is 1. The lowest BCUT2D eigenvalue weighted by atomic mass is 10.3. The molecule has 112 valence electrons. The van der Waals surface area contributed by atoms with E-state index in [0.29, 0.717) is 16.8 Å². The van der Waals surface area contributed by atoms with E-state index in [0.717, 1.165) is 21.8 Å². The maximum atomic E-state index is 11.9. The first kappa shape index (κ1) is 16.5. The lowest BCUT2D eigenvalue weighted by Gasteiger charge is -2.06. The predicted octanol–water partition coefficient (Wildman–Crippen LogP) is 4.28. The van der Waals surface area contributed by atoms with Crippen molar-refractivity contribution in [1.82, 2.24) is 10.2 Å². The highest BCUT2D eigenvalue weighted by molar-refractivity contribution is 9.11. The van der Waals surface area contributed by atoms with Crippen molar-refractivity contribution < 1.29 is 9.21 Å². The molecule has 1 N–H and O–H groups in total. The maximum absolute atomic E-state index is 11.9. The van der Waals surface area contributed by atoms with Gasteiger partial charge in [0.15, 0.2) is 0 Å². The summed E-state index contributed by atoms with van der Waals surface area (Å²) in [5.41, 5.74) is 0.715. The summed E-state index contributed by atoms with van der Waals surface area (Å²) in [7, 11) is 0. The van der Waals surface area contributed by atoms with Gasteiger partial charge in [-0.3, -0.25) is 4.79 Å². The van der Waals surface area contributed by atoms with E-state index in [1.807, 2.05) is 25.1 Å². The van der Waals surface area contributed by atoms with E-state index in [9.17, 15) is 4.79 Å². The van der Waals surface area contributed by atoms with Crippen LogP contribution < -0.4 is 5.32 Å². The van der Waals surface area contributed by atoms with E-state index in [1.165, 1.54) is 11.8 Å². The van der Waals surface area contributed by atoms with Gasteiger partial charge < -0.3 is 9.73 Å². The van der Waals surface area contributed by atoms with Gasteiger partial charge in [0.25, 0.3) is 5.22 Å². The van der Waals surface area contributed by atoms with Crippen molar-refractivity contribution in [2.24, 2.45) is 0 Å². The summed E-state index contributed by atoms with van der Waals surface area (Å²) < 4.78 is 7.14. The van der Waals surface area contributed by atoms with Gasteiger partial charge in [-0.25, -0.2) is 0 Å². The van der Waals surface area contributed by atoms with Crippen LogP contribution in [0.1, 0.15) is 19.2 Å². The second-order valence-electron chi connectivity index (χ2n) is 4.17. The third kappa shape index (κ3) is 5.12. The number of aromatic nitrogens is 2. The molecule has 0 atom stereocenters. The summed E-state index contributed by atoms with van der Waals surface area (Å²) in [6.45, 7) is 2.04. The minimum atomic E-state index is -0.131. The maximum Gasteiger partial charge on any atom is 0.277 e. The molecule has 0 fully saturated rings. The topological polar surface area (TPSA) is 68.0 Å². The van der Waals surface area contributed by atoms with Crippen LogP contribution in [0.4, 0.5) is 5.69 Å². The largest absolute Gasteiger partial charge is 0.416 e. The van der Waals surface area contributed by atoms with E-state index in [-0.39, 0.29) is 11.7 Å². The van der Waals surface area contributed by atoms with E-state index in [1.54, 1.807) is 0 Å². The second-order valence-corrected chi connectivity index (χ2v) is 6.87. The molecule has 2 aromatic rings. The smallest absolute Gasteiger partial charge is 0.277 e. The Hall–Kier alpha value is -0.860. The van der Waals surface area contributed by atoms with Crippen molar-refractivity contribution in [3.05, 3.63) is 33.0 Å². The molecule has 2 rings (SSSR count). The molecule has 0 spiro atoms. The van der Waals surface area contributed by atoms with E-state index in [4.69, 9.17) is 4.42 Å². The number of anilines is 1. The first-order chi connectivity index (χ1) is 10.1. The van der Waals surface area contributed by atoms with Crippen LogP contribution in [-0.2, 0) is 11.2 Å². The van der Waals surface area contributed by atoms with Gasteiger partial charge in [-0.15, -0.1) is 10.2 Å². The SMILES string of the molecule is CCCc1nnc(SCC(=O)Nc2cc(Br)ccc2Br)o1. The quantitative estimate of drug-likeness (QED) is 0.687. The zero-order chi connectivity index (χ0) is 15.2. The first-order valence-electron chi connectivity index (χ1n) is 6.28. The molecule has 0 radical (unpaired) electrons. The first-order valence-corrected chi connectivity index (χ1v) is 8.85. The Morgan fingerprint density at radius 2 is 2.19 bits per heavy atom. The standard InChI is InChI=1S/C13H13Br2N3O2S/c1-2-3-12-17-18-13(20-12)21-7-11(19)16-10-6-8(14)4-5-9(10)15/h4-6H,2-3,7H2,1H3,(H,16,19). The molecule has 0 aliphatic rings. The third-order valence-corrected chi connectivity index (χ3v) is 4.44. The molecule has 1 aromatic heterocycles. The molecule has 0 aliphatic carbocycles. The van der Waals surface area contributed by atoms with Crippen molar-refractivity contribution in [2.75, 3.05) is 11.1 Å². The Bertz CT molecular complexity index is 634. The number of carbonyl (C=O) groups is 1. The summed E-state index contributed by atoms with van der Waals surface area (Å²) >= 11 is 7.99. The Labute approximate surface area is 143 Å². The minimum Gasteiger partial charge on any atom is -0.416 e. The predicted molar refractivity (Wildman–Crippen MR) is 89.5 cm³/mol. The van der Waals surface area contributed by atoms with Crippen LogP contribution >= 0.6 is 43.6 Å². The molecule has 1 heterocycles. The average Bonchev–Trinajstić information content (AvgIpc) is 2.89. The van der Waals surface area contributed by atoms with Gasteiger partial charge in [-0.2, -0.15) is 0 Å². The highest BCUT2D eigenvalue weighted by Crippen LogP contribution is 2.26. The van der Waals surface area contributed by atoms with Crippen LogP contribution in [0.5, 0.6) is 0 Å². The molecular weight excluding hydrogens is 422 g/mol. The van der Waals surface area contributed by atoms with Crippen molar-refractivity contribution in [2.45, 2.75) is 25.0 Å². The molecule has 8 heteroatoms. The number of nitrogens with one attached hydrogen (secondary N) is 1. The summed E-state index contributed by atoms with van der Waals surface area (Å²) in [5, 5.41) is 11.1. The number of hydrogen-bond acceptors (Lipinski definition) is 5. The van der Waals surface area contributed by atoms with Crippen LogP contribution in [0.25, 0.3) is 0 Å². The fraction of sp³-hybridized carbons (Fsp3) is 0.308. The van der Waals surface area contributed by atoms with Crippen molar-refractivity contribution in [1.29, 1.82) is 0 Å². The summed E-state index contributed by atoms with van der Waals surface area (Å²) in [6, 6.07) is 5.59. The van der Waals surface area contributed by atoms with Gasteiger partial charge in [-0.1, -0.05) is 34.6 Å². The summed E-state index contributed by atoms with van der Waals surface area (Å²) in [5.74, 6) is 0.691. The Balaban J connectivity index is 1.88. The highest BCUT2D eigenvalue weighted by Gasteiger charge is 2.11. The zero-order valence-corrected chi connectivity index (χ0v) is 15.2. The monoisotopic (exact) mass is 433 g/mol. The molecule has 0 bridgehead atoms. The minimum absolute atomic E-state index is 0.131. The highest BCUT2D eigenvalue weighted by atomic mass is 79.9. The fourth-order valence-corrected chi connectivity index (χ4v) is 2.81. The molecule has 0 saturated heterocycles. The number of hydrogen-bond donors (Lipinski definition) is 1. The number of amides is 1. The molecule has 0 unspecified atom stereocenters. The van der Waals surface area contributed by atoms with E-state index >= 15 is 0 Å². The Morgan fingerprint density at radius 1 is 1.38 bits per heavy atom. The van der Waals surface area contributed by atoms with Gasteiger partial charge in [0, 0.05) is 15.4 Å². The molecule has 0 aliphatic heterocycles. The average molecular weight is 435 g/mol. The van der Waals surface area contributed by atoms with Crippen LogP contribution in [0.3, 0.4) is 0 Å². The lowest BCUT2D eigenvalue weighted by molar-refractivity contribution is -0.113. The van der Waals surface area contributed by atoms with Gasteiger partial charge >= 0.3 is 0 Å². The normalized spacial score (nSPS) is 10.6. The molecule has 1 aromatic carbocycles. The fourth-order valence-electron chi connectivity index (χ4n) is 1.52. The number of aryl methyl sites for hydroxylation is 1. The number of thioether (sulfide) groups is 1. The lowest BCUT2D eigenvalue weighted by Crippen LogP contribution is -2.14. The Morgan fingerprint density at radius 3 is 2.95 bits per heavy atom. The molecule has 21 heavy (non-hydrogen) atoms. The van der Waals surface area contributed by atoms with Gasteiger partial charge in [-0.05, 0) is 40.5 Å². The third-order valence-electron chi connectivity index (χ3n) is 2.44. The van der Waals surface area contributed by atoms with Crippen LogP contribution in [0, 0.1) is 0 Å².